The first-order valence-corrected chi connectivity index (χ1v) is 9.47. The molecule has 26 heavy (non-hydrogen) atoms. The Balaban J connectivity index is 2.15. The SMILES string of the molecule is COCCc1oc(-c2cc(F)ccc2C)nc1S(=O)(=O)c1ccccc1. The fraction of sp³-hybridized carbons (Fsp3) is 0.211. The van der Waals surface area contributed by atoms with Crippen LogP contribution >= 0.6 is 0 Å². The molecule has 1 aromatic heterocycles. The maximum atomic E-state index is 13.6. The number of halogens is 1. The standard InChI is InChI=1S/C19H18FNO4S/c1-13-8-9-14(20)12-16(13)18-21-19(17(25-18)10-11-24-2)26(22,23)15-6-4-3-5-7-15/h3-9,12H,10-11H2,1-2H3. The zero-order valence-electron chi connectivity index (χ0n) is 14.4. The zero-order chi connectivity index (χ0) is 18.7. The highest BCUT2D eigenvalue weighted by molar-refractivity contribution is 7.91. The van der Waals surface area contributed by atoms with Crippen molar-refractivity contribution >= 4 is 9.84 Å². The molecule has 0 amide bonds. The second-order valence-electron chi connectivity index (χ2n) is 5.77. The number of aryl methyl sites for hydroxylation is 1. The minimum absolute atomic E-state index is 0.0719. The molecule has 136 valence electrons. The summed E-state index contributed by atoms with van der Waals surface area (Å²) in [5.74, 6) is -0.188. The first-order chi connectivity index (χ1) is 12.4. The number of sulfone groups is 1. The first kappa shape index (κ1) is 18.3. The van der Waals surface area contributed by atoms with E-state index in [4.69, 9.17) is 9.15 Å². The molecule has 0 atom stereocenters. The van der Waals surface area contributed by atoms with Crippen molar-refractivity contribution in [2.75, 3.05) is 13.7 Å². The van der Waals surface area contributed by atoms with Crippen molar-refractivity contribution in [3.05, 3.63) is 65.7 Å². The molecule has 0 fully saturated rings. The molecule has 0 spiro atoms. The van der Waals surface area contributed by atoms with Gasteiger partial charge in [-0.05, 0) is 36.8 Å². The van der Waals surface area contributed by atoms with Crippen molar-refractivity contribution in [1.82, 2.24) is 4.98 Å². The predicted molar refractivity (Wildman–Crippen MR) is 94.1 cm³/mol. The van der Waals surface area contributed by atoms with Gasteiger partial charge in [0.25, 0.3) is 0 Å². The van der Waals surface area contributed by atoms with Gasteiger partial charge in [-0.15, -0.1) is 0 Å². The van der Waals surface area contributed by atoms with Crippen LogP contribution in [0.25, 0.3) is 11.5 Å². The van der Waals surface area contributed by atoms with E-state index in [-0.39, 0.29) is 34.6 Å². The molecule has 5 nitrogen and oxygen atoms in total. The van der Waals surface area contributed by atoms with Gasteiger partial charge >= 0.3 is 0 Å². The smallest absolute Gasteiger partial charge is 0.227 e. The third-order valence-electron chi connectivity index (χ3n) is 3.93. The third kappa shape index (κ3) is 3.54. The van der Waals surface area contributed by atoms with Gasteiger partial charge in [0.1, 0.15) is 11.6 Å². The lowest BCUT2D eigenvalue weighted by Gasteiger charge is -2.03. The summed E-state index contributed by atoms with van der Waals surface area (Å²) in [6, 6.07) is 12.2. The molecule has 2 aromatic carbocycles. The van der Waals surface area contributed by atoms with Gasteiger partial charge in [0, 0.05) is 19.1 Å². The van der Waals surface area contributed by atoms with E-state index in [9.17, 15) is 12.8 Å². The van der Waals surface area contributed by atoms with Crippen molar-refractivity contribution in [2.45, 2.75) is 23.3 Å². The minimum atomic E-state index is -3.86. The summed E-state index contributed by atoms with van der Waals surface area (Å²) >= 11 is 0. The lowest BCUT2D eigenvalue weighted by molar-refractivity contribution is 0.196. The van der Waals surface area contributed by atoms with Crippen molar-refractivity contribution in [2.24, 2.45) is 0 Å². The maximum Gasteiger partial charge on any atom is 0.227 e. The predicted octanol–water partition coefficient (Wildman–Crippen LogP) is 3.81. The Morgan fingerprint density at radius 3 is 2.58 bits per heavy atom. The Hall–Kier alpha value is -2.51. The monoisotopic (exact) mass is 375 g/mol. The Morgan fingerprint density at radius 2 is 1.88 bits per heavy atom. The van der Waals surface area contributed by atoms with Gasteiger partial charge in [0.2, 0.25) is 20.8 Å². The molecule has 7 heteroatoms. The van der Waals surface area contributed by atoms with Gasteiger partial charge in [0.05, 0.1) is 11.5 Å². The van der Waals surface area contributed by atoms with E-state index >= 15 is 0 Å². The fourth-order valence-electron chi connectivity index (χ4n) is 2.55. The lowest BCUT2D eigenvalue weighted by Crippen LogP contribution is -2.06. The summed E-state index contributed by atoms with van der Waals surface area (Å²) < 4.78 is 50.3. The van der Waals surface area contributed by atoms with E-state index in [0.717, 1.165) is 5.56 Å². The van der Waals surface area contributed by atoms with Crippen LogP contribution in [0.2, 0.25) is 0 Å². The highest BCUT2D eigenvalue weighted by atomic mass is 32.2. The normalized spacial score (nSPS) is 11.7. The summed E-state index contributed by atoms with van der Waals surface area (Å²) in [7, 11) is -2.35. The number of methoxy groups -OCH3 is 1. The molecule has 1 heterocycles. The van der Waals surface area contributed by atoms with E-state index < -0.39 is 15.7 Å². The molecule has 3 rings (SSSR count). The van der Waals surface area contributed by atoms with Crippen molar-refractivity contribution in [3.8, 4) is 11.5 Å². The number of aromatic nitrogens is 1. The van der Waals surface area contributed by atoms with Crippen molar-refractivity contribution < 1.29 is 22.0 Å². The number of hydrogen-bond donors (Lipinski definition) is 0. The number of nitrogens with zero attached hydrogens (tertiary/aromatic N) is 1. The summed E-state index contributed by atoms with van der Waals surface area (Å²) in [5, 5.41) is -0.167. The number of oxazole rings is 1. The van der Waals surface area contributed by atoms with Gasteiger partial charge < -0.3 is 9.15 Å². The Bertz CT molecular complexity index is 1010. The molecular weight excluding hydrogens is 357 g/mol. The molecule has 0 unspecified atom stereocenters. The first-order valence-electron chi connectivity index (χ1n) is 7.99. The molecule has 0 radical (unpaired) electrons. The van der Waals surface area contributed by atoms with Gasteiger partial charge in [-0.3, -0.25) is 0 Å². The molecule has 0 bridgehead atoms. The van der Waals surface area contributed by atoms with Crippen LogP contribution in [-0.2, 0) is 21.0 Å². The molecule has 0 N–H and O–H groups in total. The molecule has 0 aliphatic carbocycles. The van der Waals surface area contributed by atoms with Crippen molar-refractivity contribution in [3.63, 3.8) is 0 Å². The van der Waals surface area contributed by atoms with Gasteiger partial charge in [-0.2, -0.15) is 4.98 Å². The van der Waals surface area contributed by atoms with Gasteiger partial charge in [-0.25, -0.2) is 12.8 Å². The number of hydrogen-bond acceptors (Lipinski definition) is 5. The molecule has 0 saturated carbocycles. The second kappa shape index (κ2) is 7.39. The van der Waals surface area contributed by atoms with Crippen LogP contribution < -0.4 is 0 Å². The van der Waals surface area contributed by atoms with Gasteiger partial charge in [0.15, 0.2) is 0 Å². The van der Waals surface area contributed by atoms with E-state index in [2.05, 4.69) is 4.98 Å². The Labute approximate surface area is 151 Å². The van der Waals surface area contributed by atoms with Crippen LogP contribution in [-0.4, -0.2) is 27.1 Å². The third-order valence-corrected chi connectivity index (χ3v) is 5.65. The van der Waals surface area contributed by atoms with Crippen LogP contribution in [0.5, 0.6) is 0 Å². The molecule has 0 aliphatic heterocycles. The number of benzene rings is 2. The summed E-state index contributed by atoms with van der Waals surface area (Å²) in [5.41, 5.74) is 1.15. The van der Waals surface area contributed by atoms with E-state index in [1.165, 1.54) is 31.4 Å². The minimum Gasteiger partial charge on any atom is -0.440 e. The van der Waals surface area contributed by atoms with Crippen LogP contribution in [0.4, 0.5) is 4.39 Å². The Kier molecular flexibility index (Phi) is 5.20. The summed E-state index contributed by atoms with van der Waals surface area (Å²) in [4.78, 5) is 4.33. The molecule has 0 saturated heterocycles. The zero-order valence-corrected chi connectivity index (χ0v) is 15.2. The van der Waals surface area contributed by atoms with Crippen molar-refractivity contribution in [1.29, 1.82) is 0 Å². The summed E-state index contributed by atoms with van der Waals surface area (Å²) in [6.07, 6.45) is 0.235. The molecule has 3 aromatic rings. The highest BCUT2D eigenvalue weighted by Crippen LogP contribution is 2.31. The second-order valence-corrected chi connectivity index (χ2v) is 7.63. The average Bonchev–Trinajstić information content (AvgIpc) is 3.07. The van der Waals surface area contributed by atoms with Crippen LogP contribution in [0.15, 0.2) is 62.9 Å². The molecular formula is C19H18FNO4S. The molecule has 0 aliphatic rings. The largest absolute Gasteiger partial charge is 0.440 e. The van der Waals surface area contributed by atoms with Gasteiger partial charge in [-0.1, -0.05) is 24.3 Å². The fourth-order valence-corrected chi connectivity index (χ4v) is 3.94. The Morgan fingerprint density at radius 1 is 1.15 bits per heavy atom. The average molecular weight is 375 g/mol. The highest BCUT2D eigenvalue weighted by Gasteiger charge is 2.28. The van der Waals surface area contributed by atoms with E-state index in [1.54, 1.807) is 31.2 Å². The summed E-state index contributed by atoms with van der Waals surface area (Å²) in [6.45, 7) is 2.05. The van der Waals surface area contributed by atoms with Crippen LogP contribution in [0, 0.1) is 12.7 Å². The van der Waals surface area contributed by atoms with Crippen LogP contribution in [0.1, 0.15) is 11.3 Å². The van der Waals surface area contributed by atoms with Crippen LogP contribution in [0.3, 0.4) is 0 Å². The quantitative estimate of drug-likeness (QED) is 0.655. The van der Waals surface area contributed by atoms with E-state index in [1.807, 2.05) is 0 Å². The number of ether oxygens (including phenoxy) is 1. The number of rotatable bonds is 6. The maximum absolute atomic E-state index is 13.6. The topological polar surface area (TPSA) is 69.4 Å². The lowest BCUT2D eigenvalue weighted by atomic mass is 10.1. The van der Waals surface area contributed by atoms with E-state index in [0.29, 0.717) is 5.56 Å².